The zero-order chi connectivity index (χ0) is 19.2. The van der Waals surface area contributed by atoms with Crippen molar-refractivity contribution < 1.29 is 9.31 Å². The average Bonchev–Trinajstić information content (AvgIpc) is 2.81. The van der Waals surface area contributed by atoms with Crippen molar-refractivity contribution >= 4 is 18.3 Å². The van der Waals surface area contributed by atoms with Crippen LogP contribution in [0.15, 0.2) is 18.2 Å². The molecule has 0 unspecified atom stereocenters. The third kappa shape index (κ3) is 3.39. The molecule has 4 nitrogen and oxygen atoms in total. The molecule has 2 aliphatic heterocycles. The summed E-state index contributed by atoms with van der Waals surface area (Å²) in [6.45, 7) is 10.3. The van der Waals surface area contributed by atoms with Crippen molar-refractivity contribution in [3.8, 4) is 6.07 Å². The number of hydrogen-bond donors (Lipinski definition) is 0. The van der Waals surface area contributed by atoms with E-state index < -0.39 is 7.12 Å². The maximum absolute atomic E-state index is 9.75. The van der Waals surface area contributed by atoms with Gasteiger partial charge in [0.1, 0.15) is 6.07 Å². The van der Waals surface area contributed by atoms with Crippen LogP contribution in [0, 0.1) is 23.2 Å². The molecule has 0 N–H and O–H groups in total. The highest BCUT2D eigenvalue weighted by Crippen LogP contribution is 2.40. The van der Waals surface area contributed by atoms with E-state index in [1.54, 1.807) is 0 Å². The molecule has 0 radical (unpaired) electrons. The summed E-state index contributed by atoms with van der Waals surface area (Å²) in [5.74, 6) is 1.86. The lowest BCUT2D eigenvalue weighted by Gasteiger charge is -2.40. The summed E-state index contributed by atoms with van der Waals surface area (Å²) in [4.78, 5) is 2.39. The molecule has 1 aromatic rings. The van der Waals surface area contributed by atoms with E-state index in [0.717, 1.165) is 41.6 Å². The number of rotatable bonds is 3. The van der Waals surface area contributed by atoms with Crippen LogP contribution in [0.25, 0.3) is 0 Å². The molecule has 0 amide bonds. The molecule has 0 bridgehead atoms. The topological polar surface area (TPSA) is 45.5 Å². The predicted molar refractivity (Wildman–Crippen MR) is 109 cm³/mol. The Morgan fingerprint density at radius 2 is 1.59 bits per heavy atom. The molecule has 3 fully saturated rings. The summed E-state index contributed by atoms with van der Waals surface area (Å²) >= 11 is 0. The van der Waals surface area contributed by atoms with Crippen LogP contribution in [0.4, 0.5) is 5.69 Å². The molecule has 27 heavy (non-hydrogen) atoms. The highest BCUT2D eigenvalue weighted by Gasteiger charge is 2.51. The summed E-state index contributed by atoms with van der Waals surface area (Å²) in [5.41, 5.74) is 1.98. The van der Waals surface area contributed by atoms with E-state index in [2.05, 4.69) is 50.8 Å². The number of hydrogen-bond acceptors (Lipinski definition) is 4. The molecular formula is C22H31BN2O2. The monoisotopic (exact) mass is 366 g/mol. The molecular weight excluding hydrogens is 335 g/mol. The lowest BCUT2D eigenvalue weighted by Crippen LogP contribution is -2.41. The van der Waals surface area contributed by atoms with Gasteiger partial charge in [0, 0.05) is 13.1 Å². The molecule has 2 saturated heterocycles. The van der Waals surface area contributed by atoms with Crippen molar-refractivity contribution in [3.05, 3.63) is 23.8 Å². The van der Waals surface area contributed by atoms with Crippen molar-refractivity contribution in [2.45, 2.75) is 71.0 Å². The Kier molecular flexibility index (Phi) is 4.77. The van der Waals surface area contributed by atoms with E-state index in [1.165, 1.54) is 32.1 Å². The molecule has 1 saturated carbocycles. The fraction of sp³-hybridized carbons (Fsp3) is 0.682. The van der Waals surface area contributed by atoms with Crippen LogP contribution in [0.2, 0.25) is 0 Å². The first-order chi connectivity index (χ1) is 12.8. The van der Waals surface area contributed by atoms with Gasteiger partial charge in [0.2, 0.25) is 0 Å². The van der Waals surface area contributed by atoms with Crippen molar-refractivity contribution in [3.63, 3.8) is 0 Å². The van der Waals surface area contributed by atoms with Crippen LogP contribution in [0.1, 0.15) is 65.4 Å². The zero-order valence-electron chi connectivity index (χ0n) is 17.1. The summed E-state index contributed by atoms with van der Waals surface area (Å²) in [6, 6.07) is 8.51. The molecule has 0 spiro atoms. The summed E-state index contributed by atoms with van der Waals surface area (Å²) in [7, 11) is -0.416. The second-order valence-electron chi connectivity index (χ2n) is 9.49. The summed E-state index contributed by atoms with van der Waals surface area (Å²) < 4.78 is 12.3. The largest absolute Gasteiger partial charge is 0.494 e. The van der Waals surface area contributed by atoms with Crippen LogP contribution >= 0.6 is 0 Å². The van der Waals surface area contributed by atoms with Gasteiger partial charge in [-0.3, -0.25) is 0 Å². The zero-order valence-corrected chi connectivity index (χ0v) is 17.1. The second-order valence-corrected chi connectivity index (χ2v) is 9.49. The van der Waals surface area contributed by atoms with E-state index in [-0.39, 0.29) is 11.2 Å². The van der Waals surface area contributed by atoms with Crippen LogP contribution in [0.5, 0.6) is 0 Å². The number of nitriles is 1. The molecule has 1 aromatic carbocycles. The van der Waals surface area contributed by atoms with Gasteiger partial charge in [-0.15, -0.1) is 0 Å². The second kappa shape index (κ2) is 6.83. The SMILES string of the molecule is CC1(C)OB(c2ccc(N3CCC(C4CCC4)CC3)c(C#N)c2)OC1(C)C. The van der Waals surface area contributed by atoms with Crippen LogP contribution in [-0.4, -0.2) is 31.4 Å². The van der Waals surface area contributed by atoms with Gasteiger partial charge in [-0.25, -0.2) is 0 Å². The highest BCUT2D eigenvalue weighted by molar-refractivity contribution is 6.62. The molecule has 0 atom stereocenters. The Morgan fingerprint density at radius 3 is 2.11 bits per heavy atom. The Bertz CT molecular complexity index is 727. The molecule has 4 rings (SSSR count). The predicted octanol–water partition coefficient (Wildman–Crippen LogP) is 3.87. The number of benzene rings is 1. The first-order valence-electron chi connectivity index (χ1n) is 10.5. The highest BCUT2D eigenvalue weighted by atomic mass is 16.7. The Hall–Kier alpha value is -1.51. The van der Waals surface area contributed by atoms with Crippen molar-refractivity contribution in [1.82, 2.24) is 0 Å². The van der Waals surface area contributed by atoms with Gasteiger partial charge in [-0.1, -0.05) is 25.3 Å². The molecule has 144 valence electrons. The Labute approximate surface area is 164 Å². The van der Waals surface area contributed by atoms with Crippen LogP contribution in [0.3, 0.4) is 0 Å². The molecule has 1 aliphatic carbocycles. The van der Waals surface area contributed by atoms with Gasteiger partial charge in [0.05, 0.1) is 22.5 Å². The minimum atomic E-state index is -0.416. The molecule has 5 heteroatoms. The van der Waals surface area contributed by atoms with Gasteiger partial charge < -0.3 is 14.2 Å². The fourth-order valence-electron chi connectivity index (χ4n) is 4.57. The Balaban J connectivity index is 1.49. The van der Waals surface area contributed by atoms with Gasteiger partial charge >= 0.3 is 7.12 Å². The maximum atomic E-state index is 9.75. The van der Waals surface area contributed by atoms with Crippen molar-refractivity contribution in [1.29, 1.82) is 5.26 Å². The van der Waals surface area contributed by atoms with Gasteiger partial charge in [0.25, 0.3) is 0 Å². The summed E-state index contributed by atoms with van der Waals surface area (Å²) in [5, 5.41) is 9.75. The van der Waals surface area contributed by atoms with Gasteiger partial charge in [-0.2, -0.15) is 5.26 Å². The number of anilines is 1. The van der Waals surface area contributed by atoms with E-state index in [0.29, 0.717) is 0 Å². The minimum Gasteiger partial charge on any atom is -0.399 e. The smallest absolute Gasteiger partial charge is 0.399 e. The number of nitrogens with zero attached hydrogens (tertiary/aromatic N) is 2. The number of piperidine rings is 1. The first kappa shape index (κ1) is 18.8. The standard InChI is InChI=1S/C22H31BN2O2/c1-21(2)22(3,4)27-23(26-21)19-8-9-20(18(14-19)15-24)25-12-10-17(11-13-25)16-6-5-7-16/h8-9,14,16-17H,5-7,10-13H2,1-4H3. The van der Waals surface area contributed by atoms with Crippen molar-refractivity contribution in [2.24, 2.45) is 11.8 Å². The van der Waals surface area contributed by atoms with E-state index >= 15 is 0 Å². The molecule has 2 heterocycles. The van der Waals surface area contributed by atoms with Crippen LogP contribution in [-0.2, 0) is 9.31 Å². The van der Waals surface area contributed by atoms with E-state index in [9.17, 15) is 5.26 Å². The molecule has 0 aromatic heterocycles. The lowest BCUT2D eigenvalue weighted by molar-refractivity contribution is 0.00578. The van der Waals surface area contributed by atoms with Crippen molar-refractivity contribution in [2.75, 3.05) is 18.0 Å². The van der Waals surface area contributed by atoms with Gasteiger partial charge in [0.15, 0.2) is 0 Å². The quantitative estimate of drug-likeness (QED) is 0.762. The average molecular weight is 366 g/mol. The summed E-state index contributed by atoms with van der Waals surface area (Å²) in [6.07, 6.45) is 6.79. The lowest BCUT2D eigenvalue weighted by atomic mass is 9.72. The fourth-order valence-corrected chi connectivity index (χ4v) is 4.57. The van der Waals surface area contributed by atoms with E-state index in [4.69, 9.17) is 9.31 Å². The third-order valence-corrected chi connectivity index (χ3v) is 7.36. The Morgan fingerprint density at radius 1 is 1.00 bits per heavy atom. The van der Waals surface area contributed by atoms with Crippen LogP contribution < -0.4 is 10.4 Å². The third-order valence-electron chi connectivity index (χ3n) is 7.36. The van der Waals surface area contributed by atoms with E-state index in [1.807, 2.05) is 6.07 Å². The normalized spacial score (nSPS) is 25.3. The first-order valence-corrected chi connectivity index (χ1v) is 10.5. The maximum Gasteiger partial charge on any atom is 0.494 e. The minimum absolute atomic E-state index is 0.369. The molecule has 3 aliphatic rings. The van der Waals surface area contributed by atoms with Gasteiger partial charge in [-0.05, 0) is 70.0 Å².